The van der Waals surface area contributed by atoms with E-state index < -0.39 is 0 Å². The van der Waals surface area contributed by atoms with Crippen molar-refractivity contribution in [1.82, 2.24) is 0 Å². The van der Waals surface area contributed by atoms with E-state index in [1.54, 1.807) is 18.4 Å². The number of phenolic OH excluding ortho intramolecular Hbond substituents is 1. The highest BCUT2D eigenvalue weighted by Crippen LogP contribution is 2.30. The molecule has 0 radical (unpaired) electrons. The number of fused-ring (bicyclic) bond motifs is 1. The van der Waals surface area contributed by atoms with Crippen LogP contribution in [0, 0.1) is 0 Å². The second-order valence-electron chi connectivity index (χ2n) is 3.69. The highest BCUT2D eigenvalue weighted by Gasteiger charge is 2.06. The Morgan fingerprint density at radius 1 is 0.938 bits per heavy atom. The smallest absolute Gasteiger partial charge is 0.141 e. The Hall–Kier alpha value is -2.22. The minimum absolute atomic E-state index is 0.265. The molecule has 2 aromatic carbocycles. The Kier molecular flexibility index (Phi) is 1.93. The first-order chi connectivity index (χ1) is 7.84. The molecule has 3 aromatic rings. The first-order valence-corrected chi connectivity index (χ1v) is 5.10. The zero-order valence-corrected chi connectivity index (χ0v) is 8.55. The van der Waals surface area contributed by atoms with Gasteiger partial charge in [0.25, 0.3) is 0 Å². The quantitative estimate of drug-likeness (QED) is 0.662. The maximum absolute atomic E-state index is 9.47. The fraction of sp³-hybridized carbons (Fsp3) is 0. The van der Waals surface area contributed by atoms with Gasteiger partial charge in [-0.05, 0) is 23.8 Å². The van der Waals surface area contributed by atoms with Gasteiger partial charge in [-0.3, -0.25) is 0 Å². The average molecular weight is 210 g/mol. The summed E-state index contributed by atoms with van der Waals surface area (Å²) in [5.41, 5.74) is 2.81. The Morgan fingerprint density at radius 3 is 2.69 bits per heavy atom. The van der Waals surface area contributed by atoms with Crippen LogP contribution in [-0.2, 0) is 0 Å². The van der Waals surface area contributed by atoms with Gasteiger partial charge in [0.05, 0.1) is 6.26 Å². The number of benzene rings is 2. The third-order valence-electron chi connectivity index (χ3n) is 2.64. The molecule has 0 aliphatic rings. The SMILES string of the molecule is Oc1cccc(-c2cccc3ccoc23)c1. The van der Waals surface area contributed by atoms with E-state index >= 15 is 0 Å². The van der Waals surface area contributed by atoms with Crippen molar-refractivity contribution in [1.29, 1.82) is 0 Å². The van der Waals surface area contributed by atoms with Crippen molar-refractivity contribution in [3.05, 3.63) is 54.8 Å². The van der Waals surface area contributed by atoms with Gasteiger partial charge in [-0.2, -0.15) is 0 Å². The second-order valence-corrected chi connectivity index (χ2v) is 3.69. The maximum Gasteiger partial charge on any atom is 0.141 e. The van der Waals surface area contributed by atoms with E-state index in [4.69, 9.17) is 4.42 Å². The average Bonchev–Trinajstić information content (AvgIpc) is 2.76. The molecule has 1 heterocycles. The largest absolute Gasteiger partial charge is 0.508 e. The summed E-state index contributed by atoms with van der Waals surface area (Å²) in [5.74, 6) is 0.265. The van der Waals surface area contributed by atoms with E-state index in [1.807, 2.05) is 36.4 Å². The fourth-order valence-corrected chi connectivity index (χ4v) is 1.89. The molecule has 0 atom stereocenters. The third kappa shape index (κ3) is 1.36. The molecule has 0 saturated carbocycles. The summed E-state index contributed by atoms with van der Waals surface area (Å²) >= 11 is 0. The van der Waals surface area contributed by atoms with Crippen molar-refractivity contribution >= 4 is 11.0 Å². The summed E-state index contributed by atoms with van der Waals surface area (Å²) in [6, 6.07) is 15.1. The van der Waals surface area contributed by atoms with Gasteiger partial charge in [-0.25, -0.2) is 0 Å². The predicted molar refractivity (Wildman–Crippen MR) is 63.3 cm³/mol. The highest BCUT2D eigenvalue weighted by molar-refractivity contribution is 5.92. The van der Waals surface area contributed by atoms with Gasteiger partial charge in [-0.1, -0.05) is 30.3 Å². The summed E-state index contributed by atoms with van der Waals surface area (Å²) in [6.45, 7) is 0. The maximum atomic E-state index is 9.47. The number of hydrogen-bond donors (Lipinski definition) is 1. The van der Waals surface area contributed by atoms with Gasteiger partial charge in [0.15, 0.2) is 0 Å². The number of hydrogen-bond acceptors (Lipinski definition) is 2. The molecular formula is C14H10O2. The van der Waals surface area contributed by atoms with E-state index in [1.165, 1.54) is 0 Å². The van der Waals surface area contributed by atoms with E-state index in [0.717, 1.165) is 22.1 Å². The van der Waals surface area contributed by atoms with Crippen molar-refractivity contribution in [2.24, 2.45) is 0 Å². The highest BCUT2D eigenvalue weighted by atomic mass is 16.3. The molecule has 0 saturated heterocycles. The molecule has 0 bridgehead atoms. The molecule has 1 N–H and O–H groups in total. The van der Waals surface area contributed by atoms with Crippen LogP contribution in [0.15, 0.2) is 59.2 Å². The number of phenols is 1. The number of furan rings is 1. The van der Waals surface area contributed by atoms with Crippen molar-refractivity contribution < 1.29 is 9.52 Å². The lowest BCUT2D eigenvalue weighted by molar-refractivity contribution is 0.475. The fourth-order valence-electron chi connectivity index (χ4n) is 1.89. The molecular weight excluding hydrogens is 200 g/mol. The molecule has 0 unspecified atom stereocenters. The standard InChI is InChI=1S/C14H10O2/c15-12-5-1-4-11(9-12)13-6-2-3-10-7-8-16-14(10)13/h1-9,15H. The van der Waals surface area contributed by atoms with Crippen LogP contribution in [0.25, 0.3) is 22.1 Å². The van der Waals surface area contributed by atoms with E-state index in [9.17, 15) is 5.11 Å². The predicted octanol–water partition coefficient (Wildman–Crippen LogP) is 3.81. The van der Waals surface area contributed by atoms with Gasteiger partial charge < -0.3 is 9.52 Å². The molecule has 1 aromatic heterocycles. The monoisotopic (exact) mass is 210 g/mol. The van der Waals surface area contributed by atoms with Crippen LogP contribution < -0.4 is 0 Å². The topological polar surface area (TPSA) is 33.4 Å². The molecule has 0 amide bonds. The summed E-state index contributed by atoms with van der Waals surface area (Å²) in [6.07, 6.45) is 1.68. The summed E-state index contributed by atoms with van der Waals surface area (Å²) in [4.78, 5) is 0. The van der Waals surface area contributed by atoms with Crippen LogP contribution in [0.1, 0.15) is 0 Å². The van der Waals surface area contributed by atoms with E-state index in [2.05, 4.69) is 0 Å². The molecule has 2 heteroatoms. The van der Waals surface area contributed by atoms with Gasteiger partial charge in [0, 0.05) is 10.9 Å². The van der Waals surface area contributed by atoms with Gasteiger partial charge in [0.1, 0.15) is 11.3 Å². The molecule has 0 fully saturated rings. The van der Waals surface area contributed by atoms with Crippen molar-refractivity contribution in [3.8, 4) is 16.9 Å². The van der Waals surface area contributed by atoms with Crippen LogP contribution in [0.4, 0.5) is 0 Å². The van der Waals surface area contributed by atoms with Crippen LogP contribution in [0.5, 0.6) is 5.75 Å². The zero-order valence-electron chi connectivity index (χ0n) is 8.55. The summed E-state index contributed by atoms with van der Waals surface area (Å²) in [7, 11) is 0. The summed E-state index contributed by atoms with van der Waals surface area (Å²) < 4.78 is 5.46. The molecule has 0 aliphatic heterocycles. The van der Waals surface area contributed by atoms with E-state index in [0.29, 0.717) is 0 Å². The van der Waals surface area contributed by atoms with Crippen LogP contribution >= 0.6 is 0 Å². The molecule has 3 rings (SSSR count). The first kappa shape index (κ1) is 9.04. The van der Waals surface area contributed by atoms with E-state index in [-0.39, 0.29) is 5.75 Å². The minimum atomic E-state index is 0.265. The van der Waals surface area contributed by atoms with Gasteiger partial charge in [0.2, 0.25) is 0 Å². The van der Waals surface area contributed by atoms with Crippen LogP contribution in [-0.4, -0.2) is 5.11 Å². The Morgan fingerprint density at radius 2 is 1.81 bits per heavy atom. The lowest BCUT2D eigenvalue weighted by Gasteiger charge is -2.02. The molecule has 0 spiro atoms. The zero-order chi connectivity index (χ0) is 11.0. The summed E-state index contributed by atoms with van der Waals surface area (Å²) in [5, 5.41) is 10.5. The lowest BCUT2D eigenvalue weighted by atomic mass is 10.0. The number of rotatable bonds is 1. The van der Waals surface area contributed by atoms with Crippen molar-refractivity contribution in [2.45, 2.75) is 0 Å². The minimum Gasteiger partial charge on any atom is -0.508 e. The molecule has 2 nitrogen and oxygen atoms in total. The van der Waals surface area contributed by atoms with Crippen LogP contribution in [0.2, 0.25) is 0 Å². The molecule has 0 aliphatic carbocycles. The first-order valence-electron chi connectivity index (χ1n) is 5.10. The molecule has 16 heavy (non-hydrogen) atoms. The number of aromatic hydroxyl groups is 1. The van der Waals surface area contributed by atoms with Crippen molar-refractivity contribution in [3.63, 3.8) is 0 Å². The Bertz CT molecular complexity index is 638. The molecule has 78 valence electrons. The normalized spacial score (nSPS) is 10.8. The second kappa shape index (κ2) is 3.42. The Labute approximate surface area is 92.8 Å². The van der Waals surface area contributed by atoms with Crippen LogP contribution in [0.3, 0.4) is 0 Å². The van der Waals surface area contributed by atoms with Crippen molar-refractivity contribution in [2.75, 3.05) is 0 Å². The number of para-hydroxylation sites is 1. The third-order valence-corrected chi connectivity index (χ3v) is 2.64. The lowest BCUT2D eigenvalue weighted by Crippen LogP contribution is -1.78. The van der Waals surface area contributed by atoms with Gasteiger partial charge >= 0.3 is 0 Å². The Balaban J connectivity index is 2.29. The van der Waals surface area contributed by atoms with Gasteiger partial charge in [-0.15, -0.1) is 0 Å².